The van der Waals surface area contributed by atoms with E-state index in [9.17, 15) is 41.4 Å². The molecule has 12 heteroatoms. The second-order valence-electron chi connectivity index (χ2n) is 10.3. The van der Waals surface area contributed by atoms with Crippen LogP contribution >= 0.6 is 0 Å². The molecule has 2 aliphatic rings. The van der Waals surface area contributed by atoms with Gasteiger partial charge in [-0.25, -0.2) is 13.8 Å². The number of hydrogen-bond donors (Lipinski definition) is 3. The molecule has 4 rings (SSSR count). The summed E-state index contributed by atoms with van der Waals surface area (Å²) >= 11 is 0. The van der Waals surface area contributed by atoms with Gasteiger partial charge in [0, 0.05) is 30.4 Å². The van der Waals surface area contributed by atoms with Crippen LogP contribution in [0.1, 0.15) is 48.8 Å². The molecule has 2 unspecified atom stereocenters. The summed E-state index contributed by atoms with van der Waals surface area (Å²) in [6.07, 6.45) is -10.2. The van der Waals surface area contributed by atoms with E-state index in [1.807, 2.05) is 0 Å². The average molecular weight is 566 g/mol. The maximum Gasteiger partial charge on any atom is 0.389 e. The van der Waals surface area contributed by atoms with E-state index in [1.165, 1.54) is 0 Å². The van der Waals surface area contributed by atoms with Gasteiger partial charge in [0.05, 0.1) is 23.2 Å². The van der Waals surface area contributed by atoms with Crippen molar-refractivity contribution in [3.63, 3.8) is 0 Å². The largest absolute Gasteiger partial charge is 0.481 e. The third kappa shape index (κ3) is 6.83. The van der Waals surface area contributed by atoms with E-state index in [1.54, 1.807) is 55.5 Å². The fourth-order valence-corrected chi connectivity index (χ4v) is 5.23. The van der Waals surface area contributed by atoms with Gasteiger partial charge < -0.3 is 15.7 Å². The molecule has 7 nitrogen and oxygen atoms in total. The van der Waals surface area contributed by atoms with Crippen LogP contribution in [-0.2, 0) is 14.4 Å². The van der Waals surface area contributed by atoms with Crippen LogP contribution in [0.4, 0.5) is 27.6 Å². The van der Waals surface area contributed by atoms with Crippen molar-refractivity contribution in [1.29, 1.82) is 0 Å². The number of nitrogens with zero attached hydrogens (tertiary/aromatic N) is 1. The molecule has 1 saturated carbocycles. The van der Waals surface area contributed by atoms with Crippen molar-refractivity contribution in [2.45, 2.75) is 57.3 Å². The third-order valence-corrected chi connectivity index (χ3v) is 7.25. The summed E-state index contributed by atoms with van der Waals surface area (Å²) in [6.45, 7) is 1.76. The predicted octanol–water partition coefficient (Wildman–Crippen LogP) is 5.32. The lowest BCUT2D eigenvalue weighted by Gasteiger charge is -2.37. The van der Waals surface area contributed by atoms with E-state index in [0.29, 0.717) is 28.1 Å². The summed E-state index contributed by atoms with van der Waals surface area (Å²) in [6, 6.07) is 14.0. The maximum absolute atomic E-state index is 13.4. The van der Waals surface area contributed by atoms with Crippen LogP contribution in [0.3, 0.4) is 0 Å². The first kappa shape index (κ1) is 29.2. The van der Waals surface area contributed by atoms with Gasteiger partial charge in [-0.1, -0.05) is 48.5 Å². The number of para-hydroxylation sites is 1. The smallest absolute Gasteiger partial charge is 0.389 e. The van der Waals surface area contributed by atoms with Gasteiger partial charge >= 0.3 is 12.1 Å². The average Bonchev–Trinajstić information content (AvgIpc) is 2.99. The molecule has 3 N–H and O–H groups in total. The van der Waals surface area contributed by atoms with E-state index in [0.717, 1.165) is 0 Å². The molecular weight excluding hydrogens is 537 g/mol. The fourth-order valence-electron chi connectivity index (χ4n) is 5.23. The van der Waals surface area contributed by atoms with Crippen LogP contribution in [0, 0.1) is 24.7 Å². The Morgan fingerprint density at radius 2 is 1.77 bits per heavy atom. The molecule has 0 saturated heterocycles. The van der Waals surface area contributed by atoms with Gasteiger partial charge in [0.1, 0.15) is 0 Å². The highest BCUT2D eigenvalue weighted by Crippen LogP contribution is 2.46. The van der Waals surface area contributed by atoms with E-state index in [4.69, 9.17) is 0 Å². The Morgan fingerprint density at radius 1 is 1.10 bits per heavy atom. The van der Waals surface area contributed by atoms with Crippen LogP contribution < -0.4 is 10.6 Å². The van der Waals surface area contributed by atoms with Gasteiger partial charge in [-0.05, 0) is 31.2 Å². The number of benzene rings is 2. The number of carbonyl (C=O) groups excluding carboxylic acids is 2. The summed E-state index contributed by atoms with van der Waals surface area (Å²) in [4.78, 5) is 43.1. The number of aryl methyl sites for hydroxylation is 1. The zero-order chi connectivity index (χ0) is 29.2. The Kier molecular flexibility index (Phi) is 8.27. The molecule has 0 aromatic heterocycles. The number of fused-ring (bicyclic) bond motifs is 1. The standard InChI is InChI=1S/C28H28F5N3O4/c1-15-6-5-9-19-21(15)35-25(38)23(34-22(19)17-7-3-2-4-8-17)36-24(37)18(10-11-28(31,32)33)20(26(39)40)12-16-13-27(29,30)14-16/h2-9,16,18,20,23H,10-14H2,1H3,(H,35,38)(H,36,37)(H,39,40)/t18?,20?,23-/m1/s1. The lowest BCUT2D eigenvalue weighted by Crippen LogP contribution is -2.48. The van der Waals surface area contributed by atoms with Crippen LogP contribution in [0.2, 0.25) is 0 Å². The van der Waals surface area contributed by atoms with Crippen molar-refractivity contribution >= 4 is 29.2 Å². The van der Waals surface area contributed by atoms with Crippen molar-refractivity contribution in [2.75, 3.05) is 5.32 Å². The summed E-state index contributed by atoms with van der Waals surface area (Å²) in [5.41, 5.74) is 2.64. The molecule has 1 aliphatic carbocycles. The number of aliphatic imine (C=N–C) groups is 1. The number of carboxylic acids is 1. The molecule has 0 spiro atoms. The van der Waals surface area contributed by atoms with E-state index in [-0.39, 0.29) is 6.42 Å². The van der Waals surface area contributed by atoms with E-state index < -0.39 is 79.5 Å². The van der Waals surface area contributed by atoms with Gasteiger partial charge in [0.2, 0.25) is 18.0 Å². The van der Waals surface area contributed by atoms with Gasteiger partial charge in [-0.15, -0.1) is 0 Å². The Morgan fingerprint density at radius 3 is 2.38 bits per heavy atom. The van der Waals surface area contributed by atoms with Gasteiger partial charge in [-0.2, -0.15) is 13.2 Å². The maximum atomic E-state index is 13.4. The molecular formula is C28H28F5N3O4. The van der Waals surface area contributed by atoms with E-state index in [2.05, 4.69) is 15.6 Å². The van der Waals surface area contributed by atoms with Crippen LogP contribution in [0.15, 0.2) is 53.5 Å². The summed E-state index contributed by atoms with van der Waals surface area (Å²) in [7, 11) is 0. The van der Waals surface area contributed by atoms with Crippen molar-refractivity contribution < 1.29 is 41.4 Å². The number of rotatable bonds is 9. The van der Waals surface area contributed by atoms with Crippen LogP contribution in [-0.4, -0.2) is 46.9 Å². The normalized spacial score (nSPS) is 20.2. The fraction of sp³-hybridized carbons (Fsp3) is 0.429. The molecule has 0 radical (unpaired) electrons. The van der Waals surface area contributed by atoms with Gasteiger partial charge in [0.25, 0.3) is 5.91 Å². The van der Waals surface area contributed by atoms with Crippen molar-refractivity contribution in [3.05, 3.63) is 65.2 Å². The molecule has 0 bridgehead atoms. The summed E-state index contributed by atoms with van der Waals surface area (Å²) in [5, 5.41) is 14.9. The lowest BCUT2D eigenvalue weighted by atomic mass is 9.72. The van der Waals surface area contributed by atoms with Crippen LogP contribution in [0.25, 0.3) is 0 Å². The highest BCUT2D eigenvalue weighted by molar-refractivity contribution is 6.20. The molecule has 40 heavy (non-hydrogen) atoms. The molecule has 214 valence electrons. The number of halogens is 5. The predicted molar refractivity (Wildman–Crippen MR) is 136 cm³/mol. The Balaban J connectivity index is 1.66. The Bertz CT molecular complexity index is 1300. The highest BCUT2D eigenvalue weighted by Gasteiger charge is 2.48. The molecule has 1 fully saturated rings. The summed E-state index contributed by atoms with van der Waals surface area (Å²) in [5.74, 6) is -10.6. The van der Waals surface area contributed by atoms with E-state index >= 15 is 0 Å². The minimum Gasteiger partial charge on any atom is -0.481 e. The van der Waals surface area contributed by atoms with Crippen LogP contribution in [0.5, 0.6) is 0 Å². The zero-order valence-electron chi connectivity index (χ0n) is 21.5. The molecule has 2 aromatic rings. The highest BCUT2D eigenvalue weighted by atomic mass is 19.4. The quantitative estimate of drug-likeness (QED) is 0.358. The number of anilines is 1. The zero-order valence-corrected chi connectivity index (χ0v) is 21.5. The number of amides is 2. The first-order valence-corrected chi connectivity index (χ1v) is 12.8. The minimum absolute atomic E-state index is 0.335. The molecule has 3 atom stereocenters. The van der Waals surface area contributed by atoms with Crippen molar-refractivity contribution in [1.82, 2.24) is 5.32 Å². The monoisotopic (exact) mass is 565 g/mol. The molecule has 2 amide bonds. The molecule has 1 heterocycles. The van der Waals surface area contributed by atoms with Gasteiger partial charge in [0.15, 0.2) is 0 Å². The number of nitrogens with one attached hydrogen (secondary N) is 2. The number of aliphatic carboxylic acids is 1. The summed E-state index contributed by atoms with van der Waals surface area (Å²) < 4.78 is 66.1. The number of hydrogen-bond acceptors (Lipinski definition) is 4. The van der Waals surface area contributed by atoms with Gasteiger partial charge in [-0.3, -0.25) is 14.4 Å². The molecule has 1 aliphatic heterocycles. The Labute approximate surface area is 226 Å². The first-order chi connectivity index (χ1) is 18.7. The third-order valence-electron chi connectivity index (χ3n) is 7.25. The SMILES string of the molecule is Cc1cccc2c1NC(=O)[C@@H](NC(=O)C(CCC(F)(F)F)C(CC1CC(F)(F)C1)C(=O)O)N=C2c1ccccc1. The number of carboxylic acid groups (broad SMARTS) is 1. The Hall–Kier alpha value is -3.83. The second kappa shape index (κ2) is 11.3. The minimum atomic E-state index is -4.69. The first-order valence-electron chi connectivity index (χ1n) is 12.8. The van der Waals surface area contributed by atoms with Crippen molar-refractivity contribution in [2.24, 2.45) is 22.7 Å². The molecule has 2 aromatic carbocycles. The number of benzodiazepines with no additional fused rings is 1. The number of alkyl halides is 5. The second-order valence-corrected chi connectivity index (χ2v) is 10.3. The number of carbonyl (C=O) groups is 3. The van der Waals surface area contributed by atoms with Crippen molar-refractivity contribution in [3.8, 4) is 0 Å². The lowest BCUT2D eigenvalue weighted by molar-refractivity contribution is -0.158. The topological polar surface area (TPSA) is 108 Å².